The molecule has 0 aliphatic heterocycles. The summed E-state index contributed by atoms with van der Waals surface area (Å²) in [5, 5.41) is -0.771. The Bertz CT molecular complexity index is 371. The average molecular weight is 280 g/mol. The van der Waals surface area contributed by atoms with E-state index in [1.807, 2.05) is 27.7 Å². The fourth-order valence-electron chi connectivity index (χ4n) is 1.53. The van der Waals surface area contributed by atoms with Gasteiger partial charge >= 0.3 is 0 Å². The number of hydrogen-bond acceptors (Lipinski definition) is 3. The summed E-state index contributed by atoms with van der Waals surface area (Å²) >= 11 is 4.84. The molecule has 2 N–H and O–H groups in total. The van der Waals surface area contributed by atoms with Crippen molar-refractivity contribution in [3.63, 3.8) is 0 Å². The first-order valence-electron chi connectivity index (χ1n) is 5.72. The average Bonchev–Trinajstić information content (AvgIpc) is 2.13. The number of sulfonamides is 1. The molecule has 17 heavy (non-hydrogen) atoms. The first-order chi connectivity index (χ1) is 7.46. The third-order valence-corrected chi connectivity index (χ3v) is 6.11. The zero-order chi connectivity index (χ0) is 14.0. The molecule has 0 bridgehead atoms. The summed E-state index contributed by atoms with van der Waals surface area (Å²) in [7, 11) is -1.88. The molecule has 0 aromatic rings. The summed E-state index contributed by atoms with van der Waals surface area (Å²) in [5.41, 5.74) is 5.38. The SMILES string of the molecule is CCC(C(N)=S)S(=O)(=O)N(C)C(C)C(C)(C)C. The van der Waals surface area contributed by atoms with Crippen LogP contribution in [0.15, 0.2) is 0 Å². The van der Waals surface area contributed by atoms with E-state index in [0.29, 0.717) is 6.42 Å². The van der Waals surface area contributed by atoms with E-state index >= 15 is 0 Å². The second kappa shape index (κ2) is 5.63. The molecular weight excluding hydrogens is 256 g/mol. The van der Waals surface area contributed by atoms with Crippen LogP contribution >= 0.6 is 12.2 Å². The van der Waals surface area contributed by atoms with Crippen LogP contribution in [-0.4, -0.2) is 36.1 Å². The lowest BCUT2D eigenvalue weighted by Crippen LogP contribution is -2.49. The number of nitrogens with zero attached hydrogens (tertiary/aromatic N) is 1. The monoisotopic (exact) mass is 280 g/mol. The maximum Gasteiger partial charge on any atom is 0.223 e. The molecule has 102 valence electrons. The van der Waals surface area contributed by atoms with Gasteiger partial charge in [0.2, 0.25) is 10.0 Å². The lowest BCUT2D eigenvalue weighted by atomic mass is 9.88. The van der Waals surface area contributed by atoms with Gasteiger partial charge in [-0.05, 0) is 18.8 Å². The Morgan fingerprint density at radius 2 is 1.82 bits per heavy atom. The molecule has 0 heterocycles. The van der Waals surface area contributed by atoms with Crippen LogP contribution in [0.3, 0.4) is 0 Å². The molecule has 0 spiro atoms. The number of nitrogens with two attached hydrogens (primary N) is 1. The molecule has 2 unspecified atom stereocenters. The standard InChI is InChI=1S/C11H24N2O2S2/c1-7-9(10(12)16)17(14,15)13(6)8(2)11(3,4)5/h8-9H,7H2,1-6H3,(H2,12,16). The molecule has 0 fully saturated rings. The van der Waals surface area contributed by atoms with E-state index in [4.69, 9.17) is 18.0 Å². The summed E-state index contributed by atoms with van der Waals surface area (Å²) in [6.07, 6.45) is 0.402. The van der Waals surface area contributed by atoms with Gasteiger partial charge in [-0.2, -0.15) is 0 Å². The highest BCUT2D eigenvalue weighted by Crippen LogP contribution is 2.26. The van der Waals surface area contributed by atoms with Crippen molar-refractivity contribution in [2.24, 2.45) is 11.1 Å². The molecule has 0 amide bonds. The Morgan fingerprint density at radius 3 is 2.06 bits per heavy atom. The third-order valence-electron chi connectivity index (χ3n) is 3.25. The Balaban J connectivity index is 5.27. The minimum Gasteiger partial charge on any atom is -0.392 e. The van der Waals surface area contributed by atoms with E-state index in [1.165, 1.54) is 4.31 Å². The van der Waals surface area contributed by atoms with Gasteiger partial charge in [0.25, 0.3) is 0 Å². The van der Waals surface area contributed by atoms with E-state index in [2.05, 4.69) is 0 Å². The first-order valence-corrected chi connectivity index (χ1v) is 7.63. The van der Waals surface area contributed by atoms with Crippen LogP contribution in [0, 0.1) is 5.41 Å². The smallest absolute Gasteiger partial charge is 0.223 e. The predicted octanol–water partition coefficient (Wildman–Crippen LogP) is 1.75. The van der Waals surface area contributed by atoms with Crippen molar-refractivity contribution < 1.29 is 8.42 Å². The first kappa shape index (κ1) is 16.8. The van der Waals surface area contributed by atoms with Crippen LogP contribution in [0.2, 0.25) is 0 Å². The highest BCUT2D eigenvalue weighted by Gasteiger charge is 2.36. The lowest BCUT2D eigenvalue weighted by Gasteiger charge is -2.36. The van der Waals surface area contributed by atoms with Crippen molar-refractivity contribution >= 4 is 27.2 Å². The van der Waals surface area contributed by atoms with Crippen molar-refractivity contribution in [2.75, 3.05) is 7.05 Å². The fourth-order valence-corrected chi connectivity index (χ4v) is 3.93. The lowest BCUT2D eigenvalue weighted by molar-refractivity contribution is 0.216. The van der Waals surface area contributed by atoms with E-state index in [9.17, 15) is 8.42 Å². The summed E-state index contributed by atoms with van der Waals surface area (Å²) in [4.78, 5) is 0.0421. The summed E-state index contributed by atoms with van der Waals surface area (Å²) in [6.45, 7) is 9.68. The summed E-state index contributed by atoms with van der Waals surface area (Å²) in [5.74, 6) is 0. The van der Waals surface area contributed by atoms with Gasteiger partial charge in [-0.1, -0.05) is 39.9 Å². The molecule has 4 nitrogen and oxygen atoms in total. The van der Waals surface area contributed by atoms with Gasteiger partial charge < -0.3 is 5.73 Å². The molecule has 0 rings (SSSR count). The van der Waals surface area contributed by atoms with Gasteiger partial charge in [-0.15, -0.1) is 0 Å². The Hall–Kier alpha value is -0.200. The topological polar surface area (TPSA) is 63.4 Å². The quantitative estimate of drug-likeness (QED) is 0.779. The van der Waals surface area contributed by atoms with Crippen LogP contribution < -0.4 is 5.73 Å². The largest absolute Gasteiger partial charge is 0.392 e. The molecule has 0 aliphatic rings. The van der Waals surface area contributed by atoms with Crippen molar-refractivity contribution in [1.82, 2.24) is 4.31 Å². The molecule has 2 atom stereocenters. The van der Waals surface area contributed by atoms with Crippen LogP contribution in [0.1, 0.15) is 41.0 Å². The summed E-state index contributed by atoms with van der Waals surface area (Å²) < 4.78 is 26.1. The van der Waals surface area contributed by atoms with Crippen LogP contribution in [0.4, 0.5) is 0 Å². The zero-order valence-electron chi connectivity index (χ0n) is 11.5. The Labute approximate surface area is 111 Å². The maximum absolute atomic E-state index is 12.3. The summed E-state index contributed by atoms with van der Waals surface area (Å²) in [6, 6.07) is -0.115. The van der Waals surface area contributed by atoms with Gasteiger partial charge in [0, 0.05) is 13.1 Å². The highest BCUT2D eigenvalue weighted by molar-refractivity contribution is 7.92. The minimum absolute atomic E-state index is 0.0421. The Kier molecular flexibility index (Phi) is 5.56. The van der Waals surface area contributed by atoms with Crippen molar-refractivity contribution in [2.45, 2.75) is 52.3 Å². The van der Waals surface area contributed by atoms with E-state index in [1.54, 1.807) is 14.0 Å². The van der Waals surface area contributed by atoms with E-state index < -0.39 is 15.3 Å². The maximum atomic E-state index is 12.3. The second-order valence-corrected chi connectivity index (χ2v) is 8.05. The van der Waals surface area contributed by atoms with Crippen molar-refractivity contribution in [1.29, 1.82) is 0 Å². The zero-order valence-corrected chi connectivity index (χ0v) is 13.2. The van der Waals surface area contributed by atoms with Gasteiger partial charge in [-0.3, -0.25) is 0 Å². The molecule has 0 aliphatic carbocycles. The number of hydrogen-bond donors (Lipinski definition) is 1. The van der Waals surface area contributed by atoms with Crippen molar-refractivity contribution in [3.05, 3.63) is 0 Å². The van der Waals surface area contributed by atoms with Gasteiger partial charge in [0.15, 0.2) is 0 Å². The van der Waals surface area contributed by atoms with Gasteiger partial charge in [0.1, 0.15) is 5.25 Å². The molecular formula is C11H24N2O2S2. The van der Waals surface area contributed by atoms with Crippen molar-refractivity contribution in [3.8, 4) is 0 Å². The van der Waals surface area contributed by atoms with Crippen LogP contribution in [-0.2, 0) is 10.0 Å². The fraction of sp³-hybridized carbons (Fsp3) is 0.909. The number of thiocarbonyl (C=S) groups is 1. The van der Waals surface area contributed by atoms with Gasteiger partial charge in [0.05, 0.1) is 4.99 Å². The second-order valence-electron chi connectivity index (χ2n) is 5.40. The molecule has 6 heteroatoms. The number of rotatable bonds is 5. The molecule has 0 aromatic carbocycles. The highest BCUT2D eigenvalue weighted by atomic mass is 32.2. The third kappa shape index (κ3) is 3.89. The minimum atomic E-state index is -3.47. The molecule has 0 saturated carbocycles. The van der Waals surface area contributed by atoms with Crippen LogP contribution in [0.5, 0.6) is 0 Å². The van der Waals surface area contributed by atoms with Gasteiger partial charge in [-0.25, -0.2) is 12.7 Å². The normalized spacial score (nSPS) is 16.9. The molecule has 0 aromatic heterocycles. The molecule has 0 radical (unpaired) electrons. The Morgan fingerprint density at radius 1 is 1.41 bits per heavy atom. The predicted molar refractivity (Wildman–Crippen MR) is 76.5 cm³/mol. The van der Waals surface area contributed by atoms with E-state index in [-0.39, 0.29) is 16.4 Å². The van der Waals surface area contributed by atoms with Crippen LogP contribution in [0.25, 0.3) is 0 Å². The molecule has 0 saturated heterocycles. The van der Waals surface area contributed by atoms with E-state index in [0.717, 1.165) is 0 Å².